The van der Waals surface area contributed by atoms with Crippen LogP contribution in [0.15, 0.2) is 24.3 Å². The lowest BCUT2D eigenvalue weighted by Crippen LogP contribution is -2.28. The van der Waals surface area contributed by atoms with Crippen LogP contribution in [0.2, 0.25) is 0 Å². The highest BCUT2D eigenvalue weighted by Gasteiger charge is 2.07. The molecule has 0 radical (unpaired) electrons. The number of likely N-dealkylation sites (N-methyl/N-ethyl adjacent to an activating group) is 1. The first kappa shape index (κ1) is 13.2. The molecule has 0 aliphatic heterocycles. The zero-order valence-corrected chi connectivity index (χ0v) is 10.6. The molecule has 0 amide bonds. The van der Waals surface area contributed by atoms with Gasteiger partial charge in [0.1, 0.15) is 0 Å². The summed E-state index contributed by atoms with van der Waals surface area (Å²) in [6.07, 6.45) is 1.73. The molecule has 0 aliphatic rings. The Morgan fingerprint density at radius 2 is 2.12 bits per heavy atom. The lowest BCUT2D eigenvalue weighted by molar-refractivity contribution is 0.114. The zero-order valence-electron chi connectivity index (χ0n) is 10.6. The molecule has 1 aromatic carbocycles. The predicted molar refractivity (Wildman–Crippen MR) is 68.4 cm³/mol. The van der Waals surface area contributed by atoms with Crippen molar-refractivity contribution in [3.63, 3.8) is 0 Å². The van der Waals surface area contributed by atoms with E-state index in [4.69, 9.17) is 0 Å². The van der Waals surface area contributed by atoms with E-state index in [1.165, 1.54) is 11.1 Å². The SMILES string of the molecule is CCCC(O)CN(C)Cc1cccc(C)c1. The molecule has 0 spiro atoms. The van der Waals surface area contributed by atoms with Gasteiger partial charge in [-0.15, -0.1) is 0 Å². The summed E-state index contributed by atoms with van der Waals surface area (Å²) in [6, 6.07) is 8.52. The van der Waals surface area contributed by atoms with E-state index < -0.39 is 0 Å². The molecule has 2 heteroatoms. The van der Waals surface area contributed by atoms with E-state index in [9.17, 15) is 5.11 Å². The number of hydrogen-bond acceptors (Lipinski definition) is 2. The number of nitrogens with zero attached hydrogens (tertiary/aromatic N) is 1. The molecule has 0 saturated heterocycles. The molecule has 1 aromatic rings. The van der Waals surface area contributed by atoms with Crippen LogP contribution in [-0.4, -0.2) is 29.7 Å². The van der Waals surface area contributed by atoms with Gasteiger partial charge in [-0.25, -0.2) is 0 Å². The second-order valence-corrected chi connectivity index (χ2v) is 4.63. The summed E-state index contributed by atoms with van der Waals surface area (Å²) in [6.45, 7) is 5.86. The van der Waals surface area contributed by atoms with Crippen LogP contribution in [0.3, 0.4) is 0 Å². The van der Waals surface area contributed by atoms with E-state index in [2.05, 4.69) is 50.1 Å². The van der Waals surface area contributed by atoms with Gasteiger partial charge in [-0.2, -0.15) is 0 Å². The number of hydrogen-bond donors (Lipinski definition) is 1. The van der Waals surface area contributed by atoms with Crippen LogP contribution in [-0.2, 0) is 6.54 Å². The van der Waals surface area contributed by atoms with Gasteiger partial charge in [-0.1, -0.05) is 43.2 Å². The molecule has 0 heterocycles. The van der Waals surface area contributed by atoms with Crippen LogP contribution in [0, 0.1) is 6.92 Å². The molecule has 0 fully saturated rings. The van der Waals surface area contributed by atoms with Gasteiger partial charge in [0, 0.05) is 13.1 Å². The van der Waals surface area contributed by atoms with E-state index in [1.54, 1.807) is 0 Å². The smallest absolute Gasteiger partial charge is 0.0667 e. The van der Waals surface area contributed by atoms with E-state index >= 15 is 0 Å². The maximum absolute atomic E-state index is 9.71. The average molecular weight is 221 g/mol. The van der Waals surface area contributed by atoms with Crippen LogP contribution in [0.4, 0.5) is 0 Å². The Morgan fingerprint density at radius 1 is 1.38 bits per heavy atom. The Bertz CT molecular complexity index is 311. The molecule has 1 unspecified atom stereocenters. The van der Waals surface area contributed by atoms with Gasteiger partial charge in [0.05, 0.1) is 6.10 Å². The molecule has 0 saturated carbocycles. The van der Waals surface area contributed by atoms with E-state index in [-0.39, 0.29) is 6.10 Å². The maximum Gasteiger partial charge on any atom is 0.0667 e. The second kappa shape index (κ2) is 6.66. The molecule has 1 rings (SSSR count). The molecule has 1 N–H and O–H groups in total. The van der Waals surface area contributed by atoms with Gasteiger partial charge in [-0.05, 0) is 26.0 Å². The number of aliphatic hydroxyl groups is 1. The third-order valence-electron chi connectivity index (χ3n) is 2.68. The lowest BCUT2D eigenvalue weighted by atomic mass is 10.1. The van der Waals surface area contributed by atoms with Crippen molar-refractivity contribution in [3.05, 3.63) is 35.4 Å². The van der Waals surface area contributed by atoms with Crippen molar-refractivity contribution >= 4 is 0 Å². The fraction of sp³-hybridized carbons (Fsp3) is 0.571. The summed E-state index contributed by atoms with van der Waals surface area (Å²) < 4.78 is 0. The van der Waals surface area contributed by atoms with Crippen molar-refractivity contribution in [2.24, 2.45) is 0 Å². The van der Waals surface area contributed by atoms with Crippen molar-refractivity contribution in [1.82, 2.24) is 4.90 Å². The van der Waals surface area contributed by atoms with Crippen molar-refractivity contribution in [3.8, 4) is 0 Å². The van der Waals surface area contributed by atoms with Gasteiger partial charge in [0.2, 0.25) is 0 Å². The molecular weight excluding hydrogens is 198 g/mol. The van der Waals surface area contributed by atoms with Crippen molar-refractivity contribution < 1.29 is 5.11 Å². The average Bonchev–Trinajstić information content (AvgIpc) is 2.17. The first-order valence-corrected chi connectivity index (χ1v) is 6.04. The Kier molecular flexibility index (Phi) is 5.50. The summed E-state index contributed by atoms with van der Waals surface area (Å²) in [4.78, 5) is 2.18. The molecule has 0 bridgehead atoms. The minimum Gasteiger partial charge on any atom is -0.392 e. The van der Waals surface area contributed by atoms with Crippen LogP contribution in [0.25, 0.3) is 0 Å². The summed E-state index contributed by atoms with van der Waals surface area (Å²) >= 11 is 0. The minimum atomic E-state index is -0.195. The number of aliphatic hydroxyl groups excluding tert-OH is 1. The van der Waals surface area contributed by atoms with Gasteiger partial charge < -0.3 is 5.11 Å². The highest BCUT2D eigenvalue weighted by atomic mass is 16.3. The van der Waals surface area contributed by atoms with Gasteiger partial charge >= 0.3 is 0 Å². The second-order valence-electron chi connectivity index (χ2n) is 4.63. The number of aryl methyl sites for hydroxylation is 1. The minimum absolute atomic E-state index is 0.195. The molecule has 2 nitrogen and oxygen atoms in total. The topological polar surface area (TPSA) is 23.5 Å². The van der Waals surface area contributed by atoms with Crippen molar-refractivity contribution in [1.29, 1.82) is 0 Å². The van der Waals surface area contributed by atoms with Crippen LogP contribution >= 0.6 is 0 Å². The lowest BCUT2D eigenvalue weighted by Gasteiger charge is -2.20. The van der Waals surface area contributed by atoms with Crippen LogP contribution < -0.4 is 0 Å². The van der Waals surface area contributed by atoms with E-state index in [0.29, 0.717) is 0 Å². The first-order valence-electron chi connectivity index (χ1n) is 6.04. The predicted octanol–water partition coefficient (Wildman–Crippen LogP) is 2.59. The van der Waals surface area contributed by atoms with Gasteiger partial charge in [0.25, 0.3) is 0 Å². The Balaban J connectivity index is 2.42. The maximum atomic E-state index is 9.71. The van der Waals surface area contributed by atoms with Crippen LogP contribution in [0.5, 0.6) is 0 Å². The Labute approximate surface area is 98.9 Å². The third-order valence-corrected chi connectivity index (χ3v) is 2.68. The molecule has 1 atom stereocenters. The standard InChI is InChI=1S/C14H23NO/c1-4-6-14(16)11-15(3)10-13-8-5-7-12(2)9-13/h5,7-9,14,16H,4,6,10-11H2,1-3H3. The zero-order chi connectivity index (χ0) is 12.0. The molecule has 16 heavy (non-hydrogen) atoms. The van der Waals surface area contributed by atoms with E-state index in [1.807, 2.05) is 0 Å². The molecule has 0 aromatic heterocycles. The quantitative estimate of drug-likeness (QED) is 0.798. The van der Waals surface area contributed by atoms with Gasteiger partial charge in [-0.3, -0.25) is 4.90 Å². The van der Waals surface area contributed by atoms with Crippen molar-refractivity contribution in [2.45, 2.75) is 39.3 Å². The summed E-state index contributed by atoms with van der Waals surface area (Å²) in [7, 11) is 2.06. The highest BCUT2D eigenvalue weighted by molar-refractivity contribution is 5.21. The first-order chi connectivity index (χ1) is 7.61. The Hall–Kier alpha value is -0.860. The van der Waals surface area contributed by atoms with Crippen molar-refractivity contribution in [2.75, 3.05) is 13.6 Å². The van der Waals surface area contributed by atoms with E-state index in [0.717, 1.165) is 25.9 Å². The molecular formula is C14H23NO. The van der Waals surface area contributed by atoms with Crippen LogP contribution in [0.1, 0.15) is 30.9 Å². The fourth-order valence-corrected chi connectivity index (χ4v) is 1.97. The highest BCUT2D eigenvalue weighted by Crippen LogP contribution is 2.07. The molecule has 90 valence electrons. The van der Waals surface area contributed by atoms with Gasteiger partial charge in [0.15, 0.2) is 0 Å². The summed E-state index contributed by atoms with van der Waals surface area (Å²) in [5.41, 5.74) is 2.60. The largest absolute Gasteiger partial charge is 0.392 e. The summed E-state index contributed by atoms with van der Waals surface area (Å²) in [5, 5.41) is 9.71. The number of benzene rings is 1. The summed E-state index contributed by atoms with van der Waals surface area (Å²) in [5.74, 6) is 0. The third kappa shape index (κ3) is 4.77. The number of rotatable bonds is 6. The monoisotopic (exact) mass is 221 g/mol. The molecule has 0 aliphatic carbocycles. The normalized spacial score (nSPS) is 13.1. The fourth-order valence-electron chi connectivity index (χ4n) is 1.97. The Morgan fingerprint density at radius 3 is 2.75 bits per heavy atom.